The van der Waals surface area contributed by atoms with Crippen LogP contribution in [0.4, 0.5) is 0 Å². The highest BCUT2D eigenvalue weighted by Crippen LogP contribution is 2.08. The minimum absolute atomic E-state index is 0.0445. The molecule has 1 heterocycles. The molecule has 0 aliphatic heterocycles. The van der Waals surface area contributed by atoms with Gasteiger partial charge in [-0.05, 0) is 6.07 Å². The number of hydrogen-bond acceptors (Lipinski definition) is 4. The van der Waals surface area contributed by atoms with Gasteiger partial charge in [-0.2, -0.15) is 5.10 Å². The summed E-state index contributed by atoms with van der Waals surface area (Å²) in [4.78, 5) is 21.9. The van der Waals surface area contributed by atoms with E-state index in [1.165, 1.54) is 0 Å². The van der Waals surface area contributed by atoms with E-state index in [0.29, 0.717) is 5.69 Å². The van der Waals surface area contributed by atoms with Crippen LogP contribution < -0.4 is 0 Å². The third-order valence-electron chi connectivity index (χ3n) is 1.97. The fraction of sp³-hybridized carbons (Fsp3) is 0.444. The molecule has 0 radical (unpaired) electrons. The van der Waals surface area contributed by atoms with E-state index in [1.807, 2.05) is 0 Å². The van der Waals surface area contributed by atoms with Gasteiger partial charge < -0.3 is 9.84 Å². The lowest BCUT2D eigenvalue weighted by molar-refractivity contribution is -0.156. The highest BCUT2D eigenvalue weighted by molar-refractivity contribution is 5.94. The Bertz CT molecular complexity index is 372. The number of carbonyl (C=O) groups is 2. The first-order valence-corrected chi connectivity index (χ1v) is 4.33. The summed E-state index contributed by atoms with van der Waals surface area (Å²) < 4.78 is 5.95. The SMILES string of the molecule is COC(=O)C(Cc1ccn(C)n1)C(=O)O. The number of rotatable bonds is 4. The van der Waals surface area contributed by atoms with Crippen molar-refractivity contribution in [2.75, 3.05) is 7.11 Å². The van der Waals surface area contributed by atoms with Crippen molar-refractivity contribution in [2.24, 2.45) is 13.0 Å². The molecule has 6 nitrogen and oxygen atoms in total. The Balaban J connectivity index is 2.75. The summed E-state index contributed by atoms with van der Waals surface area (Å²) in [5, 5.41) is 12.8. The zero-order valence-electron chi connectivity index (χ0n) is 8.51. The molecule has 0 aromatic carbocycles. The smallest absolute Gasteiger partial charge is 0.320 e. The molecular formula is C9H12N2O4. The van der Waals surface area contributed by atoms with Crippen LogP contribution in [0.2, 0.25) is 0 Å². The number of carboxylic acids is 1. The first kappa shape index (κ1) is 11.2. The van der Waals surface area contributed by atoms with Crippen molar-refractivity contribution in [3.63, 3.8) is 0 Å². The highest BCUT2D eigenvalue weighted by Gasteiger charge is 2.28. The fourth-order valence-corrected chi connectivity index (χ4v) is 1.19. The van der Waals surface area contributed by atoms with E-state index in [4.69, 9.17) is 5.11 Å². The van der Waals surface area contributed by atoms with Gasteiger partial charge in [-0.1, -0.05) is 0 Å². The summed E-state index contributed by atoms with van der Waals surface area (Å²) in [6, 6.07) is 1.67. The number of hydrogen-bond donors (Lipinski definition) is 1. The van der Waals surface area contributed by atoms with Crippen LogP contribution in [0.15, 0.2) is 12.3 Å². The monoisotopic (exact) mass is 212 g/mol. The van der Waals surface area contributed by atoms with Crippen LogP contribution in [-0.4, -0.2) is 33.9 Å². The molecule has 0 saturated carbocycles. The lowest BCUT2D eigenvalue weighted by atomic mass is 10.0. The number of nitrogens with zero attached hydrogens (tertiary/aromatic N) is 2. The number of aliphatic carboxylic acids is 1. The van der Waals surface area contributed by atoms with Crippen LogP contribution in [-0.2, 0) is 27.8 Å². The van der Waals surface area contributed by atoms with Crippen molar-refractivity contribution in [1.82, 2.24) is 9.78 Å². The second kappa shape index (κ2) is 4.59. The third-order valence-corrected chi connectivity index (χ3v) is 1.97. The molecule has 0 aliphatic rings. The number of carboxylic acid groups (broad SMARTS) is 1. The highest BCUT2D eigenvalue weighted by atomic mass is 16.5. The zero-order valence-corrected chi connectivity index (χ0v) is 8.51. The van der Waals surface area contributed by atoms with Gasteiger partial charge in [-0.15, -0.1) is 0 Å². The van der Waals surface area contributed by atoms with Gasteiger partial charge in [0.2, 0.25) is 0 Å². The van der Waals surface area contributed by atoms with Gasteiger partial charge in [0.15, 0.2) is 5.92 Å². The Kier molecular flexibility index (Phi) is 3.43. The predicted molar refractivity (Wildman–Crippen MR) is 50.1 cm³/mol. The van der Waals surface area contributed by atoms with Gasteiger partial charge in [-0.3, -0.25) is 14.3 Å². The van der Waals surface area contributed by atoms with Crippen LogP contribution in [0.25, 0.3) is 0 Å². The Hall–Kier alpha value is -1.85. The summed E-state index contributed by atoms with van der Waals surface area (Å²) in [5.74, 6) is -3.15. The van der Waals surface area contributed by atoms with Crippen molar-refractivity contribution >= 4 is 11.9 Å². The van der Waals surface area contributed by atoms with E-state index in [-0.39, 0.29) is 6.42 Å². The molecule has 1 aromatic rings. The molecule has 82 valence electrons. The number of aromatic nitrogens is 2. The minimum atomic E-state index is -1.20. The topological polar surface area (TPSA) is 81.4 Å². The van der Waals surface area contributed by atoms with E-state index in [2.05, 4.69) is 9.84 Å². The molecule has 1 unspecified atom stereocenters. The molecule has 6 heteroatoms. The maximum absolute atomic E-state index is 11.1. The van der Waals surface area contributed by atoms with Crippen molar-refractivity contribution < 1.29 is 19.4 Å². The van der Waals surface area contributed by atoms with Gasteiger partial charge >= 0.3 is 11.9 Å². The molecule has 0 aliphatic carbocycles. The molecule has 0 bridgehead atoms. The van der Waals surface area contributed by atoms with Crippen LogP contribution in [0, 0.1) is 5.92 Å². The second-order valence-corrected chi connectivity index (χ2v) is 3.10. The molecule has 15 heavy (non-hydrogen) atoms. The number of methoxy groups -OCH3 is 1. The molecule has 0 amide bonds. The number of ether oxygens (including phenoxy) is 1. The van der Waals surface area contributed by atoms with E-state index in [1.54, 1.807) is 24.0 Å². The van der Waals surface area contributed by atoms with Gasteiger partial charge in [-0.25, -0.2) is 0 Å². The standard InChI is InChI=1S/C9H12N2O4/c1-11-4-3-6(10-11)5-7(8(12)13)9(14)15-2/h3-4,7H,5H2,1-2H3,(H,12,13). The van der Waals surface area contributed by atoms with Crippen LogP contribution in [0.1, 0.15) is 5.69 Å². The lowest BCUT2D eigenvalue weighted by Gasteiger charge is -2.07. The normalized spacial score (nSPS) is 12.1. The number of carbonyl (C=O) groups excluding carboxylic acids is 1. The largest absolute Gasteiger partial charge is 0.481 e. The van der Waals surface area contributed by atoms with E-state index >= 15 is 0 Å². The summed E-state index contributed by atoms with van der Waals surface area (Å²) in [6.07, 6.45) is 1.73. The first-order chi connectivity index (χ1) is 7.04. The molecular weight excluding hydrogens is 200 g/mol. The van der Waals surface area contributed by atoms with Gasteiger partial charge in [0, 0.05) is 19.7 Å². The van der Waals surface area contributed by atoms with E-state index < -0.39 is 17.9 Å². The Morgan fingerprint density at radius 2 is 2.33 bits per heavy atom. The molecule has 1 atom stereocenters. The quantitative estimate of drug-likeness (QED) is 0.553. The summed E-state index contributed by atoms with van der Waals surface area (Å²) in [5.41, 5.74) is 0.551. The van der Waals surface area contributed by atoms with E-state index in [0.717, 1.165) is 7.11 Å². The van der Waals surface area contributed by atoms with Crippen molar-refractivity contribution in [2.45, 2.75) is 6.42 Å². The van der Waals surface area contributed by atoms with Crippen LogP contribution in [0.3, 0.4) is 0 Å². The van der Waals surface area contributed by atoms with E-state index in [9.17, 15) is 9.59 Å². The Morgan fingerprint density at radius 3 is 2.73 bits per heavy atom. The molecule has 0 saturated heterocycles. The summed E-state index contributed by atoms with van der Waals surface area (Å²) in [6.45, 7) is 0. The number of esters is 1. The lowest BCUT2D eigenvalue weighted by Crippen LogP contribution is -2.27. The van der Waals surface area contributed by atoms with Gasteiger partial charge in [0.1, 0.15) is 0 Å². The molecule has 1 rings (SSSR count). The maximum Gasteiger partial charge on any atom is 0.320 e. The Morgan fingerprint density at radius 1 is 1.67 bits per heavy atom. The maximum atomic E-state index is 11.1. The van der Waals surface area contributed by atoms with Crippen molar-refractivity contribution in [3.8, 4) is 0 Å². The zero-order chi connectivity index (χ0) is 11.4. The molecule has 1 aromatic heterocycles. The van der Waals surface area contributed by atoms with Crippen LogP contribution in [0.5, 0.6) is 0 Å². The summed E-state index contributed by atoms with van der Waals surface area (Å²) in [7, 11) is 2.88. The minimum Gasteiger partial charge on any atom is -0.481 e. The molecule has 1 N–H and O–H groups in total. The first-order valence-electron chi connectivity index (χ1n) is 4.33. The molecule has 0 spiro atoms. The second-order valence-electron chi connectivity index (χ2n) is 3.10. The Labute approximate surface area is 86.5 Å². The average molecular weight is 212 g/mol. The van der Waals surface area contributed by atoms with Crippen molar-refractivity contribution in [1.29, 1.82) is 0 Å². The predicted octanol–water partition coefficient (Wildman–Crippen LogP) is -0.164. The fourth-order valence-electron chi connectivity index (χ4n) is 1.19. The molecule has 0 fully saturated rings. The van der Waals surface area contributed by atoms with Gasteiger partial charge in [0.25, 0.3) is 0 Å². The average Bonchev–Trinajstić information content (AvgIpc) is 2.59. The van der Waals surface area contributed by atoms with Crippen molar-refractivity contribution in [3.05, 3.63) is 18.0 Å². The van der Waals surface area contributed by atoms with Crippen LogP contribution >= 0.6 is 0 Å². The summed E-state index contributed by atoms with van der Waals surface area (Å²) >= 11 is 0. The number of aryl methyl sites for hydroxylation is 1. The third kappa shape index (κ3) is 2.80. The van der Waals surface area contributed by atoms with Gasteiger partial charge in [0.05, 0.1) is 12.8 Å².